The van der Waals surface area contributed by atoms with Gasteiger partial charge in [0.1, 0.15) is 11.9 Å². The first kappa shape index (κ1) is 11.7. The van der Waals surface area contributed by atoms with E-state index in [1.54, 1.807) is 12.1 Å². The molecule has 1 aromatic heterocycles. The van der Waals surface area contributed by atoms with Crippen LogP contribution in [0.1, 0.15) is 12.8 Å². The standard InChI is InChI=1S/C12H18N4O2/c13-11-1-2-12(15-14-11)18-10-3-5-16(6-4-10)9-7-17-8-9/h1-2,9-10H,3-8H2,(H2,13,14). The van der Waals surface area contributed by atoms with Gasteiger partial charge in [0.05, 0.1) is 19.3 Å². The molecule has 6 nitrogen and oxygen atoms in total. The van der Waals surface area contributed by atoms with Crippen molar-refractivity contribution < 1.29 is 9.47 Å². The Bertz CT molecular complexity index is 386. The molecule has 0 bridgehead atoms. The van der Waals surface area contributed by atoms with Gasteiger partial charge in [-0.3, -0.25) is 4.90 Å². The van der Waals surface area contributed by atoms with E-state index in [1.165, 1.54) is 0 Å². The van der Waals surface area contributed by atoms with Crippen LogP contribution in [0.15, 0.2) is 12.1 Å². The second-order valence-electron chi connectivity index (χ2n) is 4.84. The van der Waals surface area contributed by atoms with Crippen LogP contribution in [0.5, 0.6) is 5.88 Å². The summed E-state index contributed by atoms with van der Waals surface area (Å²) in [5.41, 5.74) is 5.49. The van der Waals surface area contributed by atoms with Gasteiger partial charge in [0.25, 0.3) is 0 Å². The van der Waals surface area contributed by atoms with Gasteiger partial charge in [0.2, 0.25) is 5.88 Å². The number of hydrogen-bond acceptors (Lipinski definition) is 6. The molecule has 2 fully saturated rings. The Balaban J connectivity index is 1.48. The number of nitrogens with zero attached hydrogens (tertiary/aromatic N) is 3. The largest absolute Gasteiger partial charge is 0.473 e. The Morgan fingerprint density at radius 3 is 2.56 bits per heavy atom. The number of piperidine rings is 1. The topological polar surface area (TPSA) is 73.5 Å². The van der Waals surface area contributed by atoms with E-state index in [0.29, 0.717) is 17.7 Å². The van der Waals surface area contributed by atoms with Crippen LogP contribution >= 0.6 is 0 Å². The zero-order valence-corrected chi connectivity index (χ0v) is 10.3. The Kier molecular flexibility index (Phi) is 3.29. The fourth-order valence-electron chi connectivity index (χ4n) is 2.36. The molecule has 0 amide bonds. The summed E-state index contributed by atoms with van der Waals surface area (Å²) in [5.74, 6) is 0.983. The Hall–Kier alpha value is -1.40. The first-order valence-electron chi connectivity index (χ1n) is 6.39. The highest BCUT2D eigenvalue weighted by atomic mass is 16.5. The van der Waals surface area contributed by atoms with Crippen molar-refractivity contribution in [1.29, 1.82) is 0 Å². The maximum Gasteiger partial charge on any atom is 0.233 e. The normalized spacial score (nSPS) is 22.7. The summed E-state index contributed by atoms with van der Waals surface area (Å²) in [6.07, 6.45) is 2.30. The highest BCUT2D eigenvalue weighted by Gasteiger charge is 2.30. The minimum Gasteiger partial charge on any atom is -0.473 e. The molecule has 6 heteroatoms. The maximum absolute atomic E-state index is 5.80. The average Bonchev–Trinajstić information content (AvgIpc) is 2.32. The summed E-state index contributed by atoms with van der Waals surface area (Å²) in [6.45, 7) is 3.91. The molecule has 2 aliphatic heterocycles. The van der Waals surface area contributed by atoms with Crippen LogP contribution in [0, 0.1) is 0 Å². The Morgan fingerprint density at radius 1 is 1.22 bits per heavy atom. The van der Waals surface area contributed by atoms with Gasteiger partial charge in [-0.15, -0.1) is 10.2 Å². The summed E-state index contributed by atoms with van der Waals surface area (Å²) < 4.78 is 11.0. The van der Waals surface area contributed by atoms with Crippen molar-refractivity contribution in [2.75, 3.05) is 32.0 Å². The zero-order chi connectivity index (χ0) is 12.4. The minimum absolute atomic E-state index is 0.236. The maximum atomic E-state index is 5.80. The second kappa shape index (κ2) is 5.07. The smallest absolute Gasteiger partial charge is 0.233 e. The van der Waals surface area contributed by atoms with Crippen LogP contribution in [-0.4, -0.2) is 53.5 Å². The lowest BCUT2D eigenvalue weighted by atomic mass is 10.0. The molecule has 2 N–H and O–H groups in total. The third kappa shape index (κ3) is 2.54. The summed E-state index contributed by atoms with van der Waals surface area (Å²) in [5, 5.41) is 7.71. The molecule has 1 aromatic rings. The lowest BCUT2D eigenvalue weighted by molar-refractivity contribution is -0.0780. The van der Waals surface area contributed by atoms with Gasteiger partial charge >= 0.3 is 0 Å². The predicted molar refractivity (Wildman–Crippen MR) is 66.3 cm³/mol. The van der Waals surface area contributed by atoms with Crippen molar-refractivity contribution in [1.82, 2.24) is 15.1 Å². The third-order valence-electron chi connectivity index (χ3n) is 3.56. The van der Waals surface area contributed by atoms with Gasteiger partial charge in [-0.1, -0.05) is 0 Å². The molecule has 0 spiro atoms. The zero-order valence-electron chi connectivity index (χ0n) is 10.3. The Labute approximate surface area is 106 Å². The summed E-state index contributed by atoms with van der Waals surface area (Å²) in [7, 11) is 0. The number of rotatable bonds is 3. The monoisotopic (exact) mass is 250 g/mol. The fourth-order valence-corrected chi connectivity index (χ4v) is 2.36. The molecule has 0 radical (unpaired) electrons. The van der Waals surface area contributed by atoms with Gasteiger partial charge < -0.3 is 15.2 Å². The quantitative estimate of drug-likeness (QED) is 0.831. The molecule has 3 rings (SSSR count). The van der Waals surface area contributed by atoms with Gasteiger partial charge in [0, 0.05) is 19.2 Å². The van der Waals surface area contributed by atoms with Crippen LogP contribution in [-0.2, 0) is 4.74 Å². The number of nitrogen functional groups attached to an aromatic ring is 1. The molecule has 0 unspecified atom stereocenters. The van der Waals surface area contributed by atoms with E-state index >= 15 is 0 Å². The average molecular weight is 250 g/mol. The molecular weight excluding hydrogens is 232 g/mol. The highest BCUT2D eigenvalue weighted by molar-refractivity contribution is 5.27. The van der Waals surface area contributed by atoms with Crippen molar-refractivity contribution >= 4 is 5.82 Å². The van der Waals surface area contributed by atoms with Crippen LogP contribution < -0.4 is 10.5 Å². The van der Waals surface area contributed by atoms with Gasteiger partial charge in [-0.2, -0.15) is 0 Å². The van der Waals surface area contributed by atoms with Crippen molar-refractivity contribution in [2.24, 2.45) is 0 Å². The molecule has 0 aromatic carbocycles. The van der Waals surface area contributed by atoms with Gasteiger partial charge in [-0.25, -0.2) is 0 Å². The summed E-state index contributed by atoms with van der Waals surface area (Å²) >= 11 is 0. The number of likely N-dealkylation sites (tertiary alicyclic amines) is 1. The van der Waals surface area contributed by atoms with E-state index < -0.39 is 0 Å². The molecule has 2 saturated heterocycles. The molecular formula is C12H18N4O2. The number of anilines is 1. The first-order valence-corrected chi connectivity index (χ1v) is 6.39. The minimum atomic E-state index is 0.236. The van der Waals surface area contributed by atoms with E-state index in [0.717, 1.165) is 39.1 Å². The van der Waals surface area contributed by atoms with Crippen LogP contribution in [0.2, 0.25) is 0 Å². The number of ether oxygens (including phenoxy) is 2. The second-order valence-corrected chi connectivity index (χ2v) is 4.84. The van der Waals surface area contributed by atoms with E-state index in [4.69, 9.17) is 15.2 Å². The lowest BCUT2D eigenvalue weighted by Gasteiger charge is -2.41. The van der Waals surface area contributed by atoms with Crippen LogP contribution in [0.3, 0.4) is 0 Å². The van der Waals surface area contributed by atoms with E-state index in [1.807, 2.05) is 0 Å². The lowest BCUT2D eigenvalue weighted by Crippen LogP contribution is -2.52. The van der Waals surface area contributed by atoms with Crippen molar-refractivity contribution in [3.05, 3.63) is 12.1 Å². The van der Waals surface area contributed by atoms with E-state index in [9.17, 15) is 0 Å². The molecule has 0 atom stereocenters. The van der Waals surface area contributed by atoms with E-state index in [2.05, 4.69) is 15.1 Å². The molecule has 98 valence electrons. The number of nitrogens with two attached hydrogens (primary N) is 1. The number of hydrogen-bond donors (Lipinski definition) is 1. The molecule has 2 aliphatic rings. The van der Waals surface area contributed by atoms with Gasteiger partial charge in [0.15, 0.2) is 0 Å². The first-order chi connectivity index (χ1) is 8.81. The molecule has 0 aliphatic carbocycles. The van der Waals surface area contributed by atoms with Gasteiger partial charge in [-0.05, 0) is 18.9 Å². The Morgan fingerprint density at radius 2 is 2.00 bits per heavy atom. The van der Waals surface area contributed by atoms with Crippen LogP contribution in [0.4, 0.5) is 5.82 Å². The fraction of sp³-hybridized carbons (Fsp3) is 0.667. The van der Waals surface area contributed by atoms with Crippen molar-refractivity contribution in [3.8, 4) is 5.88 Å². The third-order valence-corrected chi connectivity index (χ3v) is 3.56. The van der Waals surface area contributed by atoms with Crippen molar-refractivity contribution in [2.45, 2.75) is 25.0 Å². The predicted octanol–water partition coefficient (Wildman–Crippen LogP) is 0.301. The van der Waals surface area contributed by atoms with E-state index in [-0.39, 0.29) is 6.10 Å². The summed E-state index contributed by atoms with van der Waals surface area (Å²) in [4.78, 5) is 2.48. The highest BCUT2D eigenvalue weighted by Crippen LogP contribution is 2.20. The summed E-state index contributed by atoms with van der Waals surface area (Å²) in [6, 6.07) is 4.11. The molecule has 3 heterocycles. The SMILES string of the molecule is Nc1ccc(OC2CCN(C3COC3)CC2)nn1. The molecule has 18 heavy (non-hydrogen) atoms. The van der Waals surface area contributed by atoms with Crippen molar-refractivity contribution in [3.63, 3.8) is 0 Å². The molecule has 0 saturated carbocycles. The number of aromatic nitrogens is 2. The van der Waals surface area contributed by atoms with Crippen LogP contribution in [0.25, 0.3) is 0 Å².